The number of hydrogen-bond donors (Lipinski definition) is 5. The van der Waals surface area contributed by atoms with Gasteiger partial charge in [-0.15, -0.1) is 0 Å². The minimum Gasteiger partial charge on any atom is -0.507 e. The number of benzene rings is 4. The molecule has 0 radical (unpaired) electrons. The third kappa shape index (κ3) is 4.93. The van der Waals surface area contributed by atoms with Crippen molar-refractivity contribution in [3.63, 3.8) is 0 Å². The summed E-state index contributed by atoms with van der Waals surface area (Å²) in [7, 11) is 0. The van der Waals surface area contributed by atoms with Crippen LogP contribution in [0, 0.1) is 13.8 Å². The van der Waals surface area contributed by atoms with Gasteiger partial charge in [-0.2, -0.15) is 10.2 Å². The van der Waals surface area contributed by atoms with Crippen molar-refractivity contribution in [1.29, 1.82) is 0 Å². The lowest BCUT2D eigenvalue weighted by Crippen LogP contribution is -2.21. The van der Waals surface area contributed by atoms with Crippen molar-refractivity contribution in [1.82, 2.24) is 15.8 Å². The Labute approximate surface area is 223 Å². The van der Waals surface area contributed by atoms with Crippen LogP contribution in [0.1, 0.15) is 43.2 Å². The first-order chi connectivity index (χ1) is 18.8. The average Bonchev–Trinajstić information content (AvgIpc) is 3.24. The van der Waals surface area contributed by atoms with Crippen molar-refractivity contribution in [3.8, 4) is 11.5 Å². The summed E-state index contributed by atoms with van der Waals surface area (Å²) in [6.45, 7) is 3.32. The predicted molar refractivity (Wildman–Crippen MR) is 152 cm³/mol. The van der Waals surface area contributed by atoms with Crippen molar-refractivity contribution in [2.24, 2.45) is 10.2 Å². The zero-order chi connectivity index (χ0) is 27.5. The molecule has 0 unspecified atom stereocenters. The van der Waals surface area contributed by atoms with E-state index in [1.807, 2.05) is 48.5 Å². The van der Waals surface area contributed by atoms with Gasteiger partial charge in [-0.3, -0.25) is 9.59 Å². The summed E-state index contributed by atoms with van der Waals surface area (Å²) in [5.74, 6) is -0.984. The number of hydrogen-bond acceptors (Lipinski definition) is 6. The highest BCUT2D eigenvalue weighted by atomic mass is 16.3. The molecule has 9 heteroatoms. The van der Waals surface area contributed by atoms with Crippen molar-refractivity contribution in [2.45, 2.75) is 13.8 Å². The third-order valence-electron chi connectivity index (χ3n) is 6.51. The molecule has 5 N–H and O–H groups in total. The fourth-order valence-corrected chi connectivity index (χ4v) is 4.58. The first-order valence-corrected chi connectivity index (χ1v) is 12.1. The van der Waals surface area contributed by atoms with Gasteiger partial charge in [-0.25, -0.2) is 10.9 Å². The van der Waals surface area contributed by atoms with Gasteiger partial charge in [-0.1, -0.05) is 60.7 Å². The molecule has 0 bridgehead atoms. The molecule has 39 heavy (non-hydrogen) atoms. The van der Waals surface area contributed by atoms with Crippen molar-refractivity contribution in [3.05, 3.63) is 106 Å². The van der Waals surface area contributed by atoms with Crippen LogP contribution in [0.4, 0.5) is 0 Å². The number of aromatic nitrogens is 1. The topological polar surface area (TPSA) is 139 Å². The number of amides is 2. The van der Waals surface area contributed by atoms with Crippen LogP contribution >= 0.6 is 0 Å². The minimum absolute atomic E-state index is 0.0370. The zero-order valence-corrected chi connectivity index (χ0v) is 21.2. The van der Waals surface area contributed by atoms with Crippen molar-refractivity contribution < 1.29 is 19.8 Å². The highest BCUT2D eigenvalue weighted by Gasteiger charge is 2.22. The van der Waals surface area contributed by atoms with Gasteiger partial charge in [0.15, 0.2) is 0 Å². The van der Waals surface area contributed by atoms with E-state index in [0.29, 0.717) is 22.4 Å². The second-order valence-electron chi connectivity index (χ2n) is 8.96. The van der Waals surface area contributed by atoms with Crippen LogP contribution < -0.4 is 10.9 Å². The largest absolute Gasteiger partial charge is 0.507 e. The fourth-order valence-electron chi connectivity index (χ4n) is 4.58. The molecule has 5 rings (SSSR count). The molecule has 0 aliphatic carbocycles. The molecule has 5 aromatic rings. The Balaban J connectivity index is 1.31. The summed E-state index contributed by atoms with van der Waals surface area (Å²) in [6.07, 6.45) is 2.77. The molecular formula is C30H25N5O4. The predicted octanol–water partition coefficient (Wildman–Crippen LogP) is 4.88. The van der Waals surface area contributed by atoms with E-state index in [0.717, 1.165) is 21.5 Å². The van der Waals surface area contributed by atoms with Crippen LogP contribution in [-0.4, -0.2) is 39.4 Å². The lowest BCUT2D eigenvalue weighted by molar-refractivity contribution is 0.0948. The number of H-pyrrole nitrogens is 1. The van der Waals surface area contributed by atoms with E-state index in [2.05, 4.69) is 26.0 Å². The molecule has 0 atom stereocenters. The van der Waals surface area contributed by atoms with Gasteiger partial charge in [0.1, 0.15) is 17.2 Å². The Morgan fingerprint density at radius 1 is 0.718 bits per heavy atom. The number of carbonyl (C=O) groups excluding carboxylic acids is 2. The highest BCUT2D eigenvalue weighted by Crippen LogP contribution is 2.26. The molecule has 194 valence electrons. The Kier molecular flexibility index (Phi) is 6.79. The van der Waals surface area contributed by atoms with E-state index in [-0.39, 0.29) is 22.8 Å². The van der Waals surface area contributed by atoms with E-state index in [1.54, 1.807) is 38.1 Å². The summed E-state index contributed by atoms with van der Waals surface area (Å²) >= 11 is 0. The van der Waals surface area contributed by atoms with Crippen LogP contribution in [0.25, 0.3) is 21.5 Å². The molecule has 1 aromatic heterocycles. The maximum atomic E-state index is 12.9. The SMILES string of the molecule is Cc1[nH]c(C(=O)NN=Cc2c(O)ccc3ccccc23)c(C)c1C(=O)NN=Cc1c(O)ccc2ccccc12. The molecule has 1 heterocycles. The molecule has 9 nitrogen and oxygen atoms in total. The van der Waals surface area contributed by atoms with Crippen molar-refractivity contribution in [2.75, 3.05) is 0 Å². The van der Waals surface area contributed by atoms with Gasteiger partial charge in [0.25, 0.3) is 11.8 Å². The number of fused-ring (bicyclic) bond motifs is 2. The first kappa shape index (κ1) is 25.2. The number of hydrazone groups is 2. The number of phenolic OH excluding ortho intramolecular Hbond substituents is 2. The lowest BCUT2D eigenvalue weighted by atomic mass is 10.0. The van der Waals surface area contributed by atoms with E-state index < -0.39 is 11.8 Å². The third-order valence-corrected chi connectivity index (χ3v) is 6.51. The van der Waals surface area contributed by atoms with Crippen LogP contribution in [0.2, 0.25) is 0 Å². The molecule has 4 aromatic carbocycles. The number of rotatable bonds is 6. The quantitative estimate of drug-likeness (QED) is 0.161. The summed E-state index contributed by atoms with van der Waals surface area (Å²) in [5, 5.41) is 32.0. The van der Waals surface area contributed by atoms with Crippen LogP contribution in [-0.2, 0) is 0 Å². The van der Waals surface area contributed by atoms with Gasteiger partial charge in [0.05, 0.1) is 18.0 Å². The lowest BCUT2D eigenvalue weighted by Gasteiger charge is -2.05. The number of phenols is 2. The van der Waals surface area contributed by atoms with Crippen LogP contribution in [0.5, 0.6) is 11.5 Å². The summed E-state index contributed by atoms with van der Waals surface area (Å²) in [4.78, 5) is 28.7. The van der Waals surface area contributed by atoms with E-state index in [4.69, 9.17) is 0 Å². The summed E-state index contributed by atoms with van der Waals surface area (Å²) in [6, 6.07) is 21.8. The van der Waals surface area contributed by atoms with E-state index in [1.165, 1.54) is 12.4 Å². The standard InChI is InChI=1S/C30H25N5O4/c1-17-27(29(38)34-31-15-23-21-9-5-3-7-19(21)11-13-25(23)36)18(2)33-28(17)30(39)35-32-16-24-22-10-6-4-8-20(22)12-14-26(24)37/h3-16,33,36-37H,1-2H3,(H,34,38)(H,35,39). The maximum absolute atomic E-state index is 12.9. The first-order valence-electron chi connectivity index (χ1n) is 12.1. The molecule has 0 spiro atoms. The van der Waals surface area contributed by atoms with Gasteiger partial charge in [0, 0.05) is 16.8 Å². The molecule has 0 aliphatic heterocycles. The number of aromatic hydroxyl groups is 2. The molecule has 2 amide bonds. The number of nitrogens with one attached hydrogen (secondary N) is 3. The summed E-state index contributed by atoms with van der Waals surface area (Å²) in [5.41, 5.74) is 7.22. The van der Waals surface area contributed by atoms with E-state index >= 15 is 0 Å². The van der Waals surface area contributed by atoms with Crippen LogP contribution in [0.15, 0.2) is 83.0 Å². The van der Waals surface area contributed by atoms with Crippen molar-refractivity contribution >= 4 is 45.8 Å². The minimum atomic E-state index is -0.546. The molecular weight excluding hydrogens is 494 g/mol. The smallest absolute Gasteiger partial charge is 0.288 e. The van der Waals surface area contributed by atoms with Gasteiger partial charge < -0.3 is 15.2 Å². The maximum Gasteiger partial charge on any atom is 0.288 e. The molecule has 0 fully saturated rings. The Hall–Kier alpha value is -5.44. The zero-order valence-electron chi connectivity index (χ0n) is 21.2. The van der Waals surface area contributed by atoms with Crippen LogP contribution in [0.3, 0.4) is 0 Å². The molecule has 0 saturated heterocycles. The number of nitrogens with zero attached hydrogens (tertiary/aromatic N) is 2. The highest BCUT2D eigenvalue weighted by molar-refractivity contribution is 6.06. The average molecular weight is 520 g/mol. The summed E-state index contributed by atoms with van der Waals surface area (Å²) < 4.78 is 0. The fraction of sp³-hybridized carbons (Fsp3) is 0.0667. The Morgan fingerprint density at radius 3 is 1.74 bits per heavy atom. The van der Waals surface area contributed by atoms with Gasteiger partial charge in [0.2, 0.25) is 0 Å². The monoisotopic (exact) mass is 519 g/mol. The number of aromatic amines is 1. The second-order valence-corrected chi connectivity index (χ2v) is 8.96. The Bertz CT molecular complexity index is 1800. The molecule has 0 saturated carbocycles. The number of aryl methyl sites for hydroxylation is 1. The van der Waals surface area contributed by atoms with Gasteiger partial charge >= 0.3 is 0 Å². The van der Waals surface area contributed by atoms with Gasteiger partial charge in [-0.05, 0) is 53.1 Å². The number of carbonyl (C=O) groups is 2. The second kappa shape index (κ2) is 10.5. The van der Waals surface area contributed by atoms with E-state index in [9.17, 15) is 19.8 Å². The Morgan fingerprint density at radius 2 is 1.21 bits per heavy atom. The molecule has 0 aliphatic rings. The normalized spacial score (nSPS) is 11.5.